The molecule has 2 fully saturated rings. The molecular formula is C7H11N3O2. The highest BCUT2D eigenvalue weighted by molar-refractivity contribution is 6.07. The predicted octanol–water partition coefficient (Wildman–Crippen LogP) is -1.10. The lowest BCUT2D eigenvalue weighted by Gasteiger charge is -2.17. The molecule has 2 rings (SSSR count). The summed E-state index contributed by atoms with van der Waals surface area (Å²) in [6, 6.07) is -0.288. The van der Waals surface area contributed by atoms with E-state index in [1.807, 2.05) is 0 Å². The molecule has 5 heteroatoms. The van der Waals surface area contributed by atoms with Crippen LogP contribution in [0.5, 0.6) is 0 Å². The van der Waals surface area contributed by atoms with Gasteiger partial charge in [-0.2, -0.15) is 0 Å². The van der Waals surface area contributed by atoms with Gasteiger partial charge in [0, 0.05) is 13.6 Å². The van der Waals surface area contributed by atoms with Crippen LogP contribution in [0.25, 0.3) is 0 Å². The Morgan fingerprint density at radius 3 is 2.67 bits per heavy atom. The molecular weight excluding hydrogens is 158 g/mol. The van der Waals surface area contributed by atoms with Gasteiger partial charge in [0.05, 0.1) is 0 Å². The SMILES string of the molecule is CN1C(=O)N[C@@]2(CCNC2)C1=O. The zero-order valence-corrected chi connectivity index (χ0v) is 6.89. The molecule has 12 heavy (non-hydrogen) atoms. The van der Waals surface area contributed by atoms with Crippen molar-refractivity contribution in [3.63, 3.8) is 0 Å². The van der Waals surface area contributed by atoms with Gasteiger partial charge in [-0.3, -0.25) is 9.69 Å². The van der Waals surface area contributed by atoms with Crippen LogP contribution in [0, 0.1) is 0 Å². The lowest BCUT2D eigenvalue weighted by atomic mass is 9.99. The molecule has 3 amide bonds. The molecule has 2 N–H and O–H groups in total. The van der Waals surface area contributed by atoms with E-state index in [4.69, 9.17) is 0 Å². The summed E-state index contributed by atoms with van der Waals surface area (Å²) in [5.41, 5.74) is -0.633. The molecule has 0 aromatic heterocycles. The number of nitrogens with one attached hydrogen (secondary N) is 2. The standard InChI is InChI=1S/C7H11N3O2/c1-10-5(11)7(9-6(10)12)2-3-8-4-7/h8H,2-4H2,1H3,(H,9,12)/t7-/m1/s1. The molecule has 2 aliphatic rings. The quantitative estimate of drug-likeness (QED) is 0.452. The van der Waals surface area contributed by atoms with Crippen LogP contribution in [0.3, 0.4) is 0 Å². The normalized spacial score (nSPS) is 34.9. The summed E-state index contributed by atoms with van der Waals surface area (Å²) in [6.45, 7) is 1.35. The number of hydrogen-bond acceptors (Lipinski definition) is 3. The molecule has 66 valence electrons. The Morgan fingerprint density at radius 2 is 2.25 bits per heavy atom. The molecule has 0 aromatic carbocycles. The third-order valence-electron chi connectivity index (χ3n) is 2.52. The van der Waals surface area contributed by atoms with E-state index in [9.17, 15) is 9.59 Å². The Balaban J connectivity index is 2.29. The molecule has 0 saturated carbocycles. The summed E-state index contributed by atoms with van der Waals surface area (Å²) in [5, 5.41) is 5.77. The van der Waals surface area contributed by atoms with Crippen LogP contribution in [-0.2, 0) is 4.79 Å². The number of likely N-dealkylation sites (N-methyl/N-ethyl adjacent to an activating group) is 1. The first-order valence-electron chi connectivity index (χ1n) is 3.97. The van der Waals surface area contributed by atoms with Gasteiger partial charge >= 0.3 is 6.03 Å². The maximum atomic E-state index is 11.5. The lowest BCUT2D eigenvalue weighted by Crippen LogP contribution is -2.48. The first kappa shape index (κ1) is 7.54. The maximum absolute atomic E-state index is 11.5. The number of urea groups is 1. The Hall–Kier alpha value is -1.10. The van der Waals surface area contributed by atoms with Gasteiger partial charge in [-0.15, -0.1) is 0 Å². The van der Waals surface area contributed by atoms with Crippen molar-refractivity contribution < 1.29 is 9.59 Å². The second-order valence-electron chi connectivity index (χ2n) is 3.30. The number of imide groups is 1. The summed E-state index contributed by atoms with van der Waals surface area (Å²) in [7, 11) is 1.50. The topological polar surface area (TPSA) is 61.4 Å². The van der Waals surface area contributed by atoms with Gasteiger partial charge in [0.25, 0.3) is 5.91 Å². The smallest absolute Gasteiger partial charge is 0.322 e. The van der Waals surface area contributed by atoms with Crippen molar-refractivity contribution >= 4 is 11.9 Å². The van der Waals surface area contributed by atoms with E-state index in [0.29, 0.717) is 13.0 Å². The van der Waals surface area contributed by atoms with E-state index in [1.165, 1.54) is 7.05 Å². The van der Waals surface area contributed by atoms with Gasteiger partial charge in [-0.25, -0.2) is 4.79 Å². The fraction of sp³-hybridized carbons (Fsp3) is 0.714. The average molecular weight is 169 g/mol. The number of hydrogen-bond donors (Lipinski definition) is 2. The van der Waals surface area contributed by atoms with Crippen molar-refractivity contribution in [1.29, 1.82) is 0 Å². The summed E-state index contributed by atoms with van der Waals surface area (Å²) in [6.07, 6.45) is 0.696. The molecule has 0 unspecified atom stereocenters. The Kier molecular flexibility index (Phi) is 1.38. The van der Waals surface area contributed by atoms with Crippen molar-refractivity contribution in [3.05, 3.63) is 0 Å². The van der Waals surface area contributed by atoms with Crippen LogP contribution >= 0.6 is 0 Å². The summed E-state index contributed by atoms with van der Waals surface area (Å²) in [4.78, 5) is 23.8. The molecule has 2 saturated heterocycles. The number of carbonyl (C=O) groups excluding carboxylic acids is 2. The number of carbonyl (C=O) groups is 2. The molecule has 0 radical (unpaired) electrons. The summed E-state index contributed by atoms with van der Waals surface area (Å²) in [5.74, 6) is -0.113. The Labute approximate surface area is 70.1 Å². The van der Waals surface area contributed by atoms with E-state index in [-0.39, 0.29) is 11.9 Å². The predicted molar refractivity (Wildman–Crippen MR) is 41.5 cm³/mol. The van der Waals surface area contributed by atoms with Gasteiger partial charge in [0.2, 0.25) is 0 Å². The van der Waals surface area contributed by atoms with Crippen LogP contribution < -0.4 is 10.6 Å². The number of nitrogens with zero attached hydrogens (tertiary/aromatic N) is 1. The van der Waals surface area contributed by atoms with E-state index < -0.39 is 5.54 Å². The summed E-state index contributed by atoms with van der Waals surface area (Å²) < 4.78 is 0. The van der Waals surface area contributed by atoms with Gasteiger partial charge < -0.3 is 10.6 Å². The van der Waals surface area contributed by atoms with Crippen LogP contribution in [0.1, 0.15) is 6.42 Å². The zero-order chi connectivity index (χ0) is 8.77. The number of amides is 3. The zero-order valence-electron chi connectivity index (χ0n) is 6.89. The van der Waals surface area contributed by atoms with E-state index >= 15 is 0 Å². The highest BCUT2D eigenvalue weighted by Crippen LogP contribution is 2.22. The molecule has 1 spiro atoms. The molecule has 5 nitrogen and oxygen atoms in total. The van der Waals surface area contributed by atoms with Gasteiger partial charge in [0.15, 0.2) is 0 Å². The van der Waals surface area contributed by atoms with Crippen LogP contribution in [0.4, 0.5) is 4.79 Å². The largest absolute Gasteiger partial charge is 0.324 e. The second-order valence-corrected chi connectivity index (χ2v) is 3.30. The minimum atomic E-state index is -0.633. The van der Waals surface area contributed by atoms with Crippen molar-refractivity contribution in [1.82, 2.24) is 15.5 Å². The van der Waals surface area contributed by atoms with E-state index in [0.717, 1.165) is 11.4 Å². The first-order valence-corrected chi connectivity index (χ1v) is 3.97. The van der Waals surface area contributed by atoms with Crippen molar-refractivity contribution in [2.75, 3.05) is 20.1 Å². The fourth-order valence-corrected chi connectivity index (χ4v) is 1.74. The second kappa shape index (κ2) is 2.20. The minimum Gasteiger partial charge on any atom is -0.322 e. The highest BCUT2D eigenvalue weighted by atomic mass is 16.2. The Morgan fingerprint density at radius 1 is 1.50 bits per heavy atom. The van der Waals surface area contributed by atoms with Crippen molar-refractivity contribution in [2.45, 2.75) is 12.0 Å². The molecule has 0 aromatic rings. The third-order valence-corrected chi connectivity index (χ3v) is 2.52. The molecule has 2 aliphatic heterocycles. The first-order chi connectivity index (χ1) is 5.66. The van der Waals surface area contributed by atoms with Gasteiger partial charge in [0.1, 0.15) is 5.54 Å². The molecule has 2 heterocycles. The minimum absolute atomic E-state index is 0.113. The lowest BCUT2D eigenvalue weighted by molar-refractivity contribution is -0.129. The highest BCUT2D eigenvalue weighted by Gasteiger charge is 2.51. The van der Waals surface area contributed by atoms with Crippen LogP contribution in [-0.4, -0.2) is 42.5 Å². The van der Waals surface area contributed by atoms with Crippen LogP contribution in [0.2, 0.25) is 0 Å². The maximum Gasteiger partial charge on any atom is 0.324 e. The van der Waals surface area contributed by atoms with Gasteiger partial charge in [-0.05, 0) is 13.0 Å². The molecule has 0 bridgehead atoms. The summed E-state index contributed by atoms with van der Waals surface area (Å²) >= 11 is 0. The van der Waals surface area contributed by atoms with Gasteiger partial charge in [-0.1, -0.05) is 0 Å². The van der Waals surface area contributed by atoms with Crippen molar-refractivity contribution in [2.24, 2.45) is 0 Å². The third kappa shape index (κ3) is 0.768. The van der Waals surface area contributed by atoms with Crippen molar-refractivity contribution in [3.8, 4) is 0 Å². The molecule has 1 atom stereocenters. The van der Waals surface area contributed by atoms with E-state index in [2.05, 4.69) is 10.6 Å². The van der Waals surface area contributed by atoms with Crippen LogP contribution in [0.15, 0.2) is 0 Å². The monoisotopic (exact) mass is 169 g/mol. The fourth-order valence-electron chi connectivity index (χ4n) is 1.74. The number of rotatable bonds is 0. The van der Waals surface area contributed by atoms with E-state index in [1.54, 1.807) is 0 Å². The average Bonchev–Trinajstić information content (AvgIpc) is 2.57. The Bertz CT molecular complexity index is 245. The molecule has 0 aliphatic carbocycles.